The van der Waals surface area contributed by atoms with Crippen LogP contribution in [0, 0.1) is 0 Å². The minimum absolute atomic E-state index is 0.0454. The first-order valence-corrected chi connectivity index (χ1v) is 16.7. The van der Waals surface area contributed by atoms with Crippen molar-refractivity contribution in [3.63, 3.8) is 0 Å². The topological polar surface area (TPSA) is 152 Å². The van der Waals surface area contributed by atoms with E-state index in [0.29, 0.717) is 11.3 Å². The van der Waals surface area contributed by atoms with Crippen LogP contribution in [0.2, 0.25) is 0 Å². The summed E-state index contributed by atoms with van der Waals surface area (Å²) >= 11 is 0. The lowest BCUT2D eigenvalue weighted by Gasteiger charge is -2.28. The number of nitrogens with zero attached hydrogens (tertiary/aromatic N) is 3. The second-order valence-electron chi connectivity index (χ2n) is 11.4. The minimum atomic E-state index is -4.58. The number of carbonyl (C=O) groups excluding carboxylic acids is 4. The molecule has 2 saturated heterocycles. The van der Waals surface area contributed by atoms with E-state index in [9.17, 15) is 27.6 Å². The summed E-state index contributed by atoms with van der Waals surface area (Å²) in [6.45, 7) is -0.505. The van der Waals surface area contributed by atoms with Crippen LogP contribution in [0.1, 0.15) is 22.3 Å². The van der Waals surface area contributed by atoms with Gasteiger partial charge in [-0.05, 0) is 59.5 Å². The molecule has 3 heterocycles. The van der Waals surface area contributed by atoms with Gasteiger partial charge < -0.3 is 19.7 Å². The number of pyridine rings is 1. The molecule has 0 saturated carbocycles. The molecule has 12 nitrogen and oxygen atoms in total. The van der Waals surface area contributed by atoms with Gasteiger partial charge in [0.15, 0.2) is 5.78 Å². The highest BCUT2D eigenvalue weighted by Gasteiger charge is 2.55. The van der Waals surface area contributed by atoms with Crippen molar-refractivity contribution >= 4 is 32.9 Å². The Morgan fingerprint density at radius 1 is 0.917 bits per heavy atom. The summed E-state index contributed by atoms with van der Waals surface area (Å²) in [6, 6.07) is 23.1. The number of carbonyl (C=O) groups is 4. The van der Waals surface area contributed by atoms with Gasteiger partial charge in [-0.1, -0.05) is 54.6 Å². The maximum Gasteiger partial charge on any atom is 0.413 e. The number of Topliss-reactive ketones (excluding diaryl/α,β-unsaturated/α-hetero) is 1. The van der Waals surface area contributed by atoms with Gasteiger partial charge in [0.2, 0.25) is 5.91 Å². The number of fused-ring (bicyclic) bond motifs is 1. The highest BCUT2D eigenvalue weighted by atomic mass is 32.2. The molecule has 0 bridgehead atoms. The highest BCUT2D eigenvalue weighted by molar-refractivity contribution is 8.04. The van der Waals surface area contributed by atoms with E-state index in [2.05, 4.69) is 10.3 Å². The molecule has 3 atom stereocenters. The largest absolute Gasteiger partial charge is 0.497 e. The lowest BCUT2D eigenvalue weighted by molar-refractivity contribution is -0.138. The number of benzene rings is 3. The average molecular weight is 669 g/mol. The van der Waals surface area contributed by atoms with Crippen molar-refractivity contribution in [3.8, 4) is 22.6 Å². The molecular formula is C35H32N4O8S. The normalized spacial score (nSPS) is 18.2. The minimum Gasteiger partial charge on any atom is -0.497 e. The van der Waals surface area contributed by atoms with Crippen LogP contribution in [0.15, 0.2) is 103 Å². The van der Waals surface area contributed by atoms with E-state index in [1.807, 2.05) is 42.5 Å². The molecule has 1 N–H and O–H groups in total. The van der Waals surface area contributed by atoms with Gasteiger partial charge in [0.05, 0.1) is 25.3 Å². The van der Waals surface area contributed by atoms with Crippen LogP contribution in [0.3, 0.4) is 0 Å². The monoisotopic (exact) mass is 668 g/mol. The summed E-state index contributed by atoms with van der Waals surface area (Å²) < 4.78 is 38.3. The maximum absolute atomic E-state index is 14.1. The highest BCUT2D eigenvalue weighted by Crippen LogP contribution is 2.33. The number of methoxy groups -OCH3 is 1. The van der Waals surface area contributed by atoms with Gasteiger partial charge in [-0.25, -0.2) is 13.2 Å². The van der Waals surface area contributed by atoms with Crippen molar-refractivity contribution in [2.45, 2.75) is 31.0 Å². The quantitative estimate of drug-likeness (QED) is 0.283. The number of hydrogen-bond donors (Lipinski definition) is 1. The number of likely N-dealkylation sites (tertiary alicyclic amines) is 1. The summed E-state index contributed by atoms with van der Waals surface area (Å²) in [6.07, 6.45) is 1.86. The summed E-state index contributed by atoms with van der Waals surface area (Å²) in [5.74, 6) is -0.234. The fraction of sp³-hybridized carbons (Fsp3) is 0.229. The molecule has 2 fully saturated rings. The van der Waals surface area contributed by atoms with Crippen molar-refractivity contribution in [3.05, 3.63) is 115 Å². The Bertz CT molecular complexity index is 1920. The zero-order chi connectivity index (χ0) is 33.8. The summed E-state index contributed by atoms with van der Waals surface area (Å²) in [5, 5.41) is 1.48. The SMILES string of the molecule is COc1ccc(CC(NC(=O)Oc2ccc(-c3ccccc3)cc2)C(=O)N2CCC3C2C(=O)CN3S(=O)(=O)C(=O)c2cccnc2)cc1. The summed E-state index contributed by atoms with van der Waals surface area (Å²) in [4.78, 5) is 58.6. The lowest BCUT2D eigenvalue weighted by atomic mass is 10.0. The molecule has 2 amide bonds. The number of rotatable bonds is 9. The molecule has 3 aromatic carbocycles. The molecule has 2 aliphatic rings. The third-order valence-corrected chi connectivity index (χ3v) is 10.2. The van der Waals surface area contributed by atoms with E-state index < -0.39 is 57.6 Å². The van der Waals surface area contributed by atoms with Crippen LogP contribution in [0.4, 0.5) is 4.79 Å². The fourth-order valence-corrected chi connectivity index (χ4v) is 7.61. The van der Waals surface area contributed by atoms with Gasteiger partial charge in [0.25, 0.3) is 15.1 Å². The second kappa shape index (κ2) is 13.8. The Labute approximate surface area is 277 Å². The Morgan fingerprint density at radius 3 is 2.27 bits per heavy atom. The number of hydrogen-bond acceptors (Lipinski definition) is 9. The predicted octanol–water partition coefficient (Wildman–Crippen LogP) is 3.48. The van der Waals surface area contributed by atoms with Crippen LogP contribution in [-0.2, 0) is 26.0 Å². The summed E-state index contributed by atoms with van der Waals surface area (Å²) in [7, 11) is -3.05. The van der Waals surface area contributed by atoms with Crippen LogP contribution >= 0.6 is 0 Å². The van der Waals surface area contributed by atoms with E-state index in [4.69, 9.17) is 9.47 Å². The average Bonchev–Trinajstić information content (AvgIpc) is 3.70. The van der Waals surface area contributed by atoms with Crippen molar-refractivity contribution < 1.29 is 37.1 Å². The standard InChI is InChI=1S/C35H32N4O8S/c1-46-27-13-9-23(10-14-27)20-29(37-35(43)47-28-15-11-25(12-16-28)24-6-3-2-4-7-24)33(41)38-19-17-30-32(38)31(40)22-39(30)48(44,45)34(42)26-8-5-18-36-21-26/h2-16,18,21,29-30,32H,17,19-20,22H2,1H3,(H,37,43). The molecule has 1 aromatic heterocycles. The first-order chi connectivity index (χ1) is 23.2. The van der Waals surface area contributed by atoms with E-state index in [0.717, 1.165) is 21.6 Å². The second-order valence-corrected chi connectivity index (χ2v) is 13.2. The molecule has 6 rings (SSSR count). The number of ketones is 1. The summed E-state index contributed by atoms with van der Waals surface area (Å²) in [5.41, 5.74) is 2.49. The van der Waals surface area contributed by atoms with E-state index in [-0.39, 0.29) is 30.7 Å². The Hall–Kier alpha value is -5.40. The van der Waals surface area contributed by atoms with Crippen LogP contribution < -0.4 is 14.8 Å². The Balaban J connectivity index is 1.20. The van der Waals surface area contributed by atoms with Gasteiger partial charge in [-0.2, -0.15) is 4.31 Å². The lowest BCUT2D eigenvalue weighted by Crippen LogP contribution is -2.53. The van der Waals surface area contributed by atoms with Gasteiger partial charge in [-0.15, -0.1) is 0 Å². The van der Waals surface area contributed by atoms with Crippen molar-refractivity contribution in [2.24, 2.45) is 0 Å². The van der Waals surface area contributed by atoms with E-state index >= 15 is 0 Å². The third-order valence-electron chi connectivity index (χ3n) is 8.46. The van der Waals surface area contributed by atoms with Gasteiger partial charge >= 0.3 is 6.09 Å². The smallest absolute Gasteiger partial charge is 0.413 e. The fourth-order valence-electron chi connectivity index (χ4n) is 6.10. The van der Waals surface area contributed by atoms with Crippen LogP contribution in [0.5, 0.6) is 11.5 Å². The molecule has 2 aliphatic heterocycles. The Kier molecular flexibility index (Phi) is 9.33. The molecule has 0 aliphatic carbocycles. The van der Waals surface area contributed by atoms with Gasteiger partial charge in [0.1, 0.15) is 23.6 Å². The number of aromatic nitrogens is 1. The van der Waals surface area contributed by atoms with E-state index in [1.165, 1.54) is 30.3 Å². The van der Waals surface area contributed by atoms with Crippen LogP contribution in [-0.4, -0.2) is 83.8 Å². The molecule has 246 valence electrons. The van der Waals surface area contributed by atoms with Crippen molar-refractivity contribution in [2.75, 3.05) is 20.2 Å². The Morgan fingerprint density at radius 2 is 1.60 bits per heavy atom. The molecule has 0 spiro atoms. The third kappa shape index (κ3) is 6.68. The molecule has 4 aromatic rings. The first-order valence-electron chi connectivity index (χ1n) is 15.2. The van der Waals surface area contributed by atoms with Crippen molar-refractivity contribution in [1.29, 1.82) is 0 Å². The zero-order valence-corrected chi connectivity index (χ0v) is 26.7. The molecule has 3 unspecified atom stereocenters. The van der Waals surface area contributed by atoms with Gasteiger partial charge in [0, 0.05) is 25.4 Å². The first kappa shape index (κ1) is 32.5. The number of sulfonamides is 1. The molecular weight excluding hydrogens is 636 g/mol. The van der Waals surface area contributed by atoms with E-state index in [1.54, 1.807) is 36.4 Å². The maximum atomic E-state index is 14.1. The molecule has 48 heavy (non-hydrogen) atoms. The number of amides is 2. The number of ether oxygens (including phenoxy) is 2. The van der Waals surface area contributed by atoms with Crippen molar-refractivity contribution in [1.82, 2.24) is 19.5 Å². The molecule has 0 radical (unpaired) electrons. The number of nitrogens with one attached hydrogen (secondary N) is 1. The molecule has 13 heteroatoms. The zero-order valence-electron chi connectivity index (χ0n) is 25.9. The predicted molar refractivity (Wildman–Crippen MR) is 175 cm³/mol. The van der Waals surface area contributed by atoms with Gasteiger partial charge in [-0.3, -0.25) is 19.4 Å². The van der Waals surface area contributed by atoms with Crippen LogP contribution in [0.25, 0.3) is 11.1 Å².